The molecular weight excluding hydrogens is 314 g/mol. The van der Waals surface area contributed by atoms with Crippen molar-refractivity contribution < 1.29 is 9.15 Å². The van der Waals surface area contributed by atoms with Crippen molar-refractivity contribution in [2.24, 2.45) is 0 Å². The number of fused-ring (bicyclic) bond motifs is 1. The highest BCUT2D eigenvalue weighted by molar-refractivity contribution is 5.54. The third-order valence-electron chi connectivity index (χ3n) is 4.16. The average molecular weight is 331 g/mol. The molecule has 5 nitrogen and oxygen atoms in total. The van der Waals surface area contributed by atoms with Crippen molar-refractivity contribution in [1.82, 2.24) is 15.1 Å². The van der Waals surface area contributed by atoms with Gasteiger partial charge in [0.2, 0.25) is 11.8 Å². The molecule has 1 aliphatic rings. The molecule has 0 amide bonds. The summed E-state index contributed by atoms with van der Waals surface area (Å²) in [6, 6.07) is 15.6. The summed E-state index contributed by atoms with van der Waals surface area (Å²) in [6.45, 7) is 2.84. The third kappa shape index (κ3) is 3.39. The fourth-order valence-electron chi connectivity index (χ4n) is 2.85. The van der Waals surface area contributed by atoms with E-state index in [0.29, 0.717) is 24.9 Å². The molecule has 4 rings (SSSR count). The van der Waals surface area contributed by atoms with Crippen molar-refractivity contribution in [2.45, 2.75) is 13.1 Å². The molecule has 25 heavy (non-hydrogen) atoms. The van der Waals surface area contributed by atoms with Gasteiger partial charge in [-0.05, 0) is 30.3 Å². The van der Waals surface area contributed by atoms with E-state index >= 15 is 0 Å². The van der Waals surface area contributed by atoms with Crippen LogP contribution in [0.2, 0.25) is 0 Å². The Kier molecular flexibility index (Phi) is 4.19. The minimum Gasteiger partial charge on any atom is -0.492 e. The second-order valence-electron chi connectivity index (χ2n) is 5.89. The molecule has 5 heteroatoms. The molecule has 0 radical (unpaired) electrons. The summed E-state index contributed by atoms with van der Waals surface area (Å²) < 4.78 is 11.6. The van der Waals surface area contributed by atoms with Crippen LogP contribution < -0.4 is 4.74 Å². The lowest BCUT2D eigenvalue weighted by Gasteiger charge is -2.16. The van der Waals surface area contributed by atoms with Crippen LogP contribution in [0.25, 0.3) is 11.5 Å². The Balaban J connectivity index is 1.48. The van der Waals surface area contributed by atoms with E-state index in [1.165, 1.54) is 5.56 Å². The van der Waals surface area contributed by atoms with Crippen LogP contribution in [0.15, 0.2) is 52.9 Å². The number of hydrogen-bond acceptors (Lipinski definition) is 5. The molecule has 0 saturated carbocycles. The number of rotatable bonds is 3. The molecule has 0 aliphatic carbocycles. The largest absolute Gasteiger partial charge is 0.492 e. The minimum atomic E-state index is 0.505. The Morgan fingerprint density at radius 1 is 1.08 bits per heavy atom. The number of ether oxygens (including phenoxy) is 1. The summed E-state index contributed by atoms with van der Waals surface area (Å²) >= 11 is 0. The molecule has 0 atom stereocenters. The van der Waals surface area contributed by atoms with Crippen molar-refractivity contribution in [3.05, 3.63) is 65.5 Å². The van der Waals surface area contributed by atoms with Gasteiger partial charge in [0.15, 0.2) is 0 Å². The summed E-state index contributed by atoms with van der Waals surface area (Å²) in [7, 11) is 0. The maximum atomic E-state index is 5.82. The number of hydrogen-bond donors (Lipinski definition) is 0. The number of para-hydroxylation sites is 1. The summed E-state index contributed by atoms with van der Waals surface area (Å²) in [6.07, 6.45) is 5.38. The van der Waals surface area contributed by atoms with Gasteiger partial charge in [-0.1, -0.05) is 24.1 Å². The maximum absolute atomic E-state index is 5.82. The van der Waals surface area contributed by atoms with Crippen LogP contribution >= 0.6 is 0 Å². The van der Waals surface area contributed by atoms with Gasteiger partial charge in [-0.25, -0.2) is 0 Å². The van der Waals surface area contributed by atoms with E-state index in [4.69, 9.17) is 15.6 Å². The van der Waals surface area contributed by atoms with Crippen molar-refractivity contribution in [3.8, 4) is 29.5 Å². The van der Waals surface area contributed by atoms with Crippen LogP contribution in [0, 0.1) is 12.3 Å². The molecule has 3 aromatic rings. The first-order valence-electron chi connectivity index (χ1n) is 8.14. The highest BCUT2D eigenvalue weighted by Gasteiger charge is 2.18. The van der Waals surface area contributed by atoms with E-state index in [1.54, 1.807) is 0 Å². The Labute approximate surface area is 146 Å². The number of nitrogens with zero attached hydrogens (tertiary/aromatic N) is 3. The zero-order chi connectivity index (χ0) is 17.1. The summed E-state index contributed by atoms with van der Waals surface area (Å²) in [5, 5.41) is 8.33. The van der Waals surface area contributed by atoms with Crippen LogP contribution in [0.3, 0.4) is 0 Å². The van der Waals surface area contributed by atoms with E-state index < -0.39 is 0 Å². The zero-order valence-electron chi connectivity index (χ0n) is 13.7. The normalized spacial score (nSPS) is 14.2. The second kappa shape index (κ2) is 6.80. The Morgan fingerprint density at radius 3 is 2.76 bits per heavy atom. The van der Waals surface area contributed by atoms with Crippen LogP contribution in [0.5, 0.6) is 5.75 Å². The number of aromatic nitrogens is 2. The van der Waals surface area contributed by atoms with Gasteiger partial charge >= 0.3 is 0 Å². The lowest BCUT2D eigenvalue weighted by molar-refractivity contribution is 0.204. The third-order valence-corrected chi connectivity index (χ3v) is 4.16. The molecule has 0 unspecified atom stereocenters. The fraction of sp³-hybridized carbons (Fsp3) is 0.200. The topological polar surface area (TPSA) is 51.4 Å². The van der Waals surface area contributed by atoms with Crippen molar-refractivity contribution in [3.63, 3.8) is 0 Å². The monoisotopic (exact) mass is 331 g/mol. The van der Waals surface area contributed by atoms with Crippen LogP contribution in [-0.4, -0.2) is 28.2 Å². The van der Waals surface area contributed by atoms with Crippen LogP contribution in [0.4, 0.5) is 0 Å². The van der Waals surface area contributed by atoms with Gasteiger partial charge in [0.05, 0.1) is 6.54 Å². The van der Waals surface area contributed by atoms with E-state index in [-0.39, 0.29) is 0 Å². The van der Waals surface area contributed by atoms with Crippen LogP contribution in [-0.2, 0) is 13.1 Å². The molecule has 0 spiro atoms. The van der Waals surface area contributed by atoms with Gasteiger partial charge in [0.25, 0.3) is 0 Å². The van der Waals surface area contributed by atoms with Gasteiger partial charge in [-0.3, -0.25) is 4.90 Å². The number of benzene rings is 2. The van der Waals surface area contributed by atoms with Gasteiger partial charge in [0.1, 0.15) is 12.4 Å². The van der Waals surface area contributed by atoms with Crippen molar-refractivity contribution >= 4 is 0 Å². The molecule has 0 fully saturated rings. The highest BCUT2D eigenvalue weighted by atomic mass is 16.5. The SMILES string of the molecule is C#Cc1ccc(-c2nnc(CN3CCOc4ccccc4C3)o2)cc1. The predicted molar refractivity (Wildman–Crippen MR) is 93.7 cm³/mol. The Hall–Kier alpha value is -3.10. The average Bonchev–Trinajstić information content (AvgIpc) is 3.01. The van der Waals surface area contributed by atoms with Crippen molar-refractivity contribution in [2.75, 3.05) is 13.2 Å². The minimum absolute atomic E-state index is 0.505. The predicted octanol–water partition coefficient (Wildman–Crippen LogP) is 3.11. The molecule has 1 aromatic heterocycles. The quantitative estimate of drug-likeness (QED) is 0.690. The van der Waals surface area contributed by atoms with Crippen LogP contribution in [0.1, 0.15) is 17.0 Å². The first kappa shape index (κ1) is 15.4. The van der Waals surface area contributed by atoms with Crippen molar-refractivity contribution in [1.29, 1.82) is 0 Å². The fourth-order valence-corrected chi connectivity index (χ4v) is 2.85. The molecule has 0 saturated heterocycles. The summed E-state index contributed by atoms with van der Waals surface area (Å²) in [5.41, 5.74) is 2.86. The van der Waals surface area contributed by atoms with Gasteiger partial charge in [-0.2, -0.15) is 0 Å². The Bertz CT molecular complexity index is 909. The summed E-state index contributed by atoms with van der Waals surface area (Å²) in [4.78, 5) is 2.24. The molecule has 1 aliphatic heterocycles. The molecule has 2 aromatic carbocycles. The molecule has 2 heterocycles. The smallest absolute Gasteiger partial charge is 0.247 e. The van der Waals surface area contributed by atoms with Gasteiger partial charge in [-0.15, -0.1) is 16.6 Å². The first-order chi connectivity index (χ1) is 12.3. The van der Waals surface area contributed by atoms with E-state index in [0.717, 1.165) is 30.0 Å². The lowest BCUT2D eigenvalue weighted by atomic mass is 10.1. The Morgan fingerprint density at radius 2 is 1.92 bits per heavy atom. The van der Waals surface area contributed by atoms with E-state index in [1.807, 2.05) is 42.5 Å². The first-order valence-corrected chi connectivity index (χ1v) is 8.14. The van der Waals surface area contributed by atoms with Gasteiger partial charge < -0.3 is 9.15 Å². The zero-order valence-corrected chi connectivity index (χ0v) is 13.7. The molecule has 0 bridgehead atoms. The summed E-state index contributed by atoms with van der Waals surface area (Å²) in [5.74, 6) is 4.64. The highest BCUT2D eigenvalue weighted by Crippen LogP contribution is 2.24. The second-order valence-corrected chi connectivity index (χ2v) is 5.89. The molecular formula is C20H17N3O2. The standard InChI is InChI=1S/C20H17N3O2/c1-2-15-7-9-16(10-8-15)20-22-21-19(25-20)14-23-11-12-24-18-6-4-3-5-17(18)13-23/h1,3-10H,11-14H2. The number of terminal acetylenes is 1. The molecule has 0 N–H and O–H groups in total. The van der Waals surface area contributed by atoms with E-state index in [9.17, 15) is 0 Å². The van der Waals surface area contributed by atoms with E-state index in [2.05, 4.69) is 27.1 Å². The maximum Gasteiger partial charge on any atom is 0.247 e. The lowest BCUT2D eigenvalue weighted by Crippen LogP contribution is -2.25. The van der Waals surface area contributed by atoms with Gasteiger partial charge in [0, 0.05) is 29.8 Å². The molecule has 124 valence electrons.